The second-order valence-corrected chi connectivity index (χ2v) is 6.07. The zero-order valence-corrected chi connectivity index (χ0v) is 14.1. The highest BCUT2D eigenvalue weighted by molar-refractivity contribution is 6.11. The van der Waals surface area contributed by atoms with Gasteiger partial charge in [-0.1, -0.05) is 18.2 Å². The van der Waals surface area contributed by atoms with Crippen LogP contribution in [0.25, 0.3) is 21.8 Å². The molecule has 0 atom stereocenters. The summed E-state index contributed by atoms with van der Waals surface area (Å²) in [6.07, 6.45) is 0. The van der Waals surface area contributed by atoms with Gasteiger partial charge in [0.25, 0.3) is 5.91 Å². The molecule has 5 heteroatoms. The van der Waals surface area contributed by atoms with Crippen LogP contribution in [0.15, 0.2) is 60.7 Å². The Labute approximate surface area is 148 Å². The Bertz CT molecular complexity index is 1150. The topological polar surface area (TPSA) is 34.0 Å². The highest BCUT2D eigenvalue weighted by Crippen LogP contribution is 2.31. The minimum absolute atomic E-state index is 0.318. The van der Waals surface area contributed by atoms with Crippen LogP contribution in [0.3, 0.4) is 0 Å². The van der Waals surface area contributed by atoms with Crippen LogP contribution in [0, 0.1) is 11.6 Å². The molecule has 0 spiro atoms. The maximum Gasteiger partial charge on any atom is 0.258 e. The maximum atomic E-state index is 13.8. The van der Waals surface area contributed by atoms with Crippen molar-refractivity contribution in [2.75, 3.05) is 5.32 Å². The number of carbonyl (C=O) groups is 1. The molecule has 0 unspecified atom stereocenters. The minimum Gasteiger partial charge on any atom is -0.341 e. The third-order valence-electron chi connectivity index (χ3n) is 4.52. The van der Waals surface area contributed by atoms with Gasteiger partial charge in [-0.3, -0.25) is 4.79 Å². The average Bonchev–Trinajstić information content (AvgIpc) is 2.97. The molecule has 130 valence electrons. The van der Waals surface area contributed by atoms with Gasteiger partial charge >= 0.3 is 0 Å². The molecule has 4 aromatic rings. The number of nitrogens with one attached hydrogen (secondary N) is 1. The van der Waals surface area contributed by atoms with Crippen LogP contribution in [-0.2, 0) is 6.54 Å². The summed E-state index contributed by atoms with van der Waals surface area (Å²) in [4.78, 5) is 12.3. The van der Waals surface area contributed by atoms with E-state index in [0.29, 0.717) is 5.69 Å². The van der Waals surface area contributed by atoms with Gasteiger partial charge in [0.15, 0.2) is 0 Å². The van der Waals surface area contributed by atoms with Gasteiger partial charge in [0, 0.05) is 34.0 Å². The summed E-state index contributed by atoms with van der Waals surface area (Å²) < 4.78 is 29.3. The zero-order chi connectivity index (χ0) is 18.3. The number of amides is 1. The molecule has 1 N–H and O–H groups in total. The van der Waals surface area contributed by atoms with Crippen LogP contribution < -0.4 is 5.32 Å². The van der Waals surface area contributed by atoms with Gasteiger partial charge in [-0.05, 0) is 49.4 Å². The van der Waals surface area contributed by atoms with E-state index in [0.717, 1.165) is 46.5 Å². The van der Waals surface area contributed by atoms with Crippen LogP contribution in [0.5, 0.6) is 0 Å². The van der Waals surface area contributed by atoms with E-state index in [-0.39, 0.29) is 5.56 Å². The Morgan fingerprint density at radius 2 is 1.73 bits per heavy atom. The molecule has 0 fully saturated rings. The summed E-state index contributed by atoms with van der Waals surface area (Å²) in [6.45, 7) is 2.90. The fourth-order valence-electron chi connectivity index (χ4n) is 3.34. The maximum absolute atomic E-state index is 13.8. The van der Waals surface area contributed by atoms with Gasteiger partial charge in [-0.15, -0.1) is 0 Å². The fraction of sp³-hybridized carbons (Fsp3) is 0.0952. The van der Waals surface area contributed by atoms with E-state index in [1.54, 1.807) is 6.07 Å². The largest absolute Gasteiger partial charge is 0.341 e. The van der Waals surface area contributed by atoms with Crippen molar-refractivity contribution in [2.45, 2.75) is 13.5 Å². The van der Waals surface area contributed by atoms with E-state index in [4.69, 9.17) is 0 Å². The van der Waals surface area contributed by atoms with E-state index in [9.17, 15) is 13.6 Å². The Morgan fingerprint density at radius 1 is 0.962 bits per heavy atom. The monoisotopic (exact) mass is 350 g/mol. The number of aryl methyl sites for hydroxylation is 1. The first kappa shape index (κ1) is 16.3. The van der Waals surface area contributed by atoms with Gasteiger partial charge in [0.05, 0.1) is 5.56 Å². The van der Waals surface area contributed by atoms with Gasteiger partial charge in [-0.2, -0.15) is 0 Å². The first-order valence-corrected chi connectivity index (χ1v) is 8.36. The molecule has 1 heterocycles. The van der Waals surface area contributed by atoms with Crippen molar-refractivity contribution in [3.63, 3.8) is 0 Å². The second kappa shape index (κ2) is 6.26. The van der Waals surface area contributed by atoms with E-state index < -0.39 is 17.5 Å². The average molecular weight is 350 g/mol. The number of carbonyl (C=O) groups excluding carboxylic acids is 1. The van der Waals surface area contributed by atoms with Crippen LogP contribution >= 0.6 is 0 Å². The molecule has 0 aliphatic heterocycles. The summed E-state index contributed by atoms with van der Waals surface area (Å²) in [5.41, 5.74) is 2.39. The third-order valence-corrected chi connectivity index (χ3v) is 4.52. The number of anilines is 1. The van der Waals surface area contributed by atoms with Crippen molar-refractivity contribution < 1.29 is 13.6 Å². The number of aromatic nitrogens is 1. The highest BCUT2D eigenvalue weighted by Gasteiger charge is 2.15. The highest BCUT2D eigenvalue weighted by atomic mass is 19.1. The fourth-order valence-corrected chi connectivity index (χ4v) is 3.34. The SMILES string of the molecule is CCn1c2ccccc2c2cc(NC(=O)c3cc(F)ccc3F)ccc21. The Hall–Kier alpha value is -3.21. The lowest BCUT2D eigenvalue weighted by Gasteiger charge is -2.07. The van der Waals surface area contributed by atoms with Crippen molar-refractivity contribution in [3.05, 3.63) is 77.9 Å². The first-order chi connectivity index (χ1) is 12.6. The molecule has 1 aromatic heterocycles. The van der Waals surface area contributed by atoms with Gasteiger partial charge in [0.1, 0.15) is 11.6 Å². The van der Waals surface area contributed by atoms with Crippen molar-refractivity contribution >= 4 is 33.4 Å². The standard InChI is InChI=1S/C21H16F2N2O/c1-2-25-19-6-4-3-5-15(19)16-12-14(8-10-20(16)25)24-21(26)17-11-13(22)7-9-18(17)23/h3-12H,2H2,1H3,(H,24,26). The van der Waals surface area contributed by atoms with Crippen LogP contribution in [0.2, 0.25) is 0 Å². The summed E-state index contributed by atoms with van der Waals surface area (Å²) in [5, 5.41) is 4.74. The van der Waals surface area contributed by atoms with Crippen LogP contribution in [0.4, 0.5) is 14.5 Å². The molecule has 26 heavy (non-hydrogen) atoms. The molecule has 0 aliphatic carbocycles. The molecular weight excluding hydrogens is 334 g/mol. The molecule has 3 aromatic carbocycles. The molecule has 0 saturated carbocycles. The quantitative estimate of drug-likeness (QED) is 0.531. The predicted octanol–water partition coefficient (Wildman–Crippen LogP) is 5.34. The number of fused-ring (bicyclic) bond motifs is 3. The van der Waals surface area contributed by atoms with E-state index in [2.05, 4.69) is 22.9 Å². The van der Waals surface area contributed by atoms with E-state index in [1.807, 2.05) is 30.3 Å². The van der Waals surface area contributed by atoms with Crippen molar-refractivity contribution in [3.8, 4) is 0 Å². The summed E-state index contributed by atoms with van der Waals surface area (Å²) in [7, 11) is 0. The number of hydrogen-bond donors (Lipinski definition) is 1. The lowest BCUT2D eigenvalue weighted by atomic mass is 10.1. The number of benzene rings is 3. The van der Waals surface area contributed by atoms with E-state index in [1.165, 1.54) is 0 Å². The number of nitrogens with zero attached hydrogens (tertiary/aromatic N) is 1. The molecule has 0 bridgehead atoms. The molecule has 0 aliphatic rings. The number of para-hydroxylation sites is 1. The molecule has 0 radical (unpaired) electrons. The second-order valence-electron chi connectivity index (χ2n) is 6.07. The lowest BCUT2D eigenvalue weighted by Crippen LogP contribution is -2.14. The number of rotatable bonds is 3. The van der Waals surface area contributed by atoms with Crippen molar-refractivity contribution in [1.82, 2.24) is 4.57 Å². The molecule has 0 saturated heterocycles. The minimum atomic E-state index is -0.757. The Morgan fingerprint density at radius 3 is 2.54 bits per heavy atom. The van der Waals surface area contributed by atoms with Crippen LogP contribution in [0.1, 0.15) is 17.3 Å². The molecule has 3 nitrogen and oxygen atoms in total. The predicted molar refractivity (Wildman–Crippen MR) is 99.4 cm³/mol. The number of halogens is 2. The lowest BCUT2D eigenvalue weighted by molar-refractivity contribution is 0.102. The molecular formula is C21H16F2N2O. The summed E-state index contributed by atoms with van der Waals surface area (Å²) in [6, 6.07) is 16.4. The summed E-state index contributed by atoms with van der Waals surface area (Å²) in [5.74, 6) is -2.09. The smallest absolute Gasteiger partial charge is 0.258 e. The van der Waals surface area contributed by atoms with Gasteiger partial charge in [0.2, 0.25) is 0 Å². The van der Waals surface area contributed by atoms with Crippen molar-refractivity contribution in [1.29, 1.82) is 0 Å². The molecule has 4 rings (SSSR count). The summed E-state index contributed by atoms with van der Waals surface area (Å²) >= 11 is 0. The Kier molecular flexibility index (Phi) is 3.92. The zero-order valence-electron chi connectivity index (χ0n) is 14.1. The van der Waals surface area contributed by atoms with Crippen molar-refractivity contribution in [2.24, 2.45) is 0 Å². The molecule has 1 amide bonds. The van der Waals surface area contributed by atoms with Gasteiger partial charge in [-0.25, -0.2) is 8.78 Å². The normalized spacial score (nSPS) is 11.2. The Balaban J connectivity index is 1.77. The third kappa shape index (κ3) is 2.62. The first-order valence-electron chi connectivity index (χ1n) is 8.36. The van der Waals surface area contributed by atoms with E-state index >= 15 is 0 Å². The van der Waals surface area contributed by atoms with Crippen LogP contribution in [-0.4, -0.2) is 10.5 Å². The number of hydrogen-bond acceptors (Lipinski definition) is 1. The van der Waals surface area contributed by atoms with Gasteiger partial charge < -0.3 is 9.88 Å².